The van der Waals surface area contributed by atoms with Crippen molar-refractivity contribution in [3.05, 3.63) is 140 Å². The first-order valence-corrected chi connectivity index (χ1v) is 13.7. The number of methoxy groups -OCH3 is 1. The van der Waals surface area contributed by atoms with Crippen molar-refractivity contribution >= 4 is 34.9 Å². The van der Waals surface area contributed by atoms with Gasteiger partial charge in [0.15, 0.2) is 0 Å². The molecule has 0 spiro atoms. The van der Waals surface area contributed by atoms with Crippen molar-refractivity contribution in [3.63, 3.8) is 0 Å². The van der Waals surface area contributed by atoms with Gasteiger partial charge < -0.3 is 19.3 Å². The van der Waals surface area contributed by atoms with Crippen LogP contribution in [0.1, 0.15) is 22.3 Å². The molecule has 0 aliphatic carbocycles. The second-order valence-corrected chi connectivity index (χ2v) is 9.64. The van der Waals surface area contributed by atoms with E-state index in [-0.39, 0.29) is 41.5 Å². The number of esters is 1. The van der Waals surface area contributed by atoms with Crippen molar-refractivity contribution in [1.29, 1.82) is 0 Å². The molecule has 14 heteroatoms. The SMILES string of the molecule is COC(=O)C(=O)Cc1ccc(OCc2ccccc2)cc1[N+](=O)[O-].O=C(O)C(=O)Cc1ccc(OCc2ccccc2)cc1[N+](=O)[O-]. The van der Waals surface area contributed by atoms with Gasteiger partial charge in [-0.2, -0.15) is 0 Å². The van der Waals surface area contributed by atoms with E-state index in [4.69, 9.17) is 14.6 Å². The fourth-order valence-corrected chi connectivity index (χ4v) is 4.00. The van der Waals surface area contributed by atoms with Crippen molar-refractivity contribution in [1.82, 2.24) is 0 Å². The minimum atomic E-state index is -1.62. The highest BCUT2D eigenvalue weighted by Gasteiger charge is 2.23. The number of nitro groups is 2. The Morgan fingerprint density at radius 3 is 1.40 bits per heavy atom. The lowest BCUT2D eigenvalue weighted by Gasteiger charge is -2.08. The largest absolute Gasteiger partial charge is 0.489 e. The van der Waals surface area contributed by atoms with Crippen LogP contribution in [0, 0.1) is 20.2 Å². The molecule has 0 saturated carbocycles. The number of ether oxygens (including phenoxy) is 3. The number of hydrogen-bond donors (Lipinski definition) is 1. The molecule has 4 aromatic rings. The Morgan fingerprint density at radius 2 is 1.04 bits per heavy atom. The molecule has 4 aromatic carbocycles. The van der Waals surface area contributed by atoms with Gasteiger partial charge in [-0.3, -0.25) is 29.8 Å². The third-order valence-corrected chi connectivity index (χ3v) is 6.36. The smallest absolute Gasteiger partial charge is 0.374 e. The van der Waals surface area contributed by atoms with Gasteiger partial charge >= 0.3 is 11.9 Å². The highest BCUT2D eigenvalue weighted by Crippen LogP contribution is 2.27. The molecule has 0 fully saturated rings. The summed E-state index contributed by atoms with van der Waals surface area (Å²) < 4.78 is 15.3. The fourth-order valence-electron chi connectivity index (χ4n) is 4.00. The van der Waals surface area contributed by atoms with Crippen LogP contribution in [-0.2, 0) is 50.0 Å². The zero-order valence-corrected chi connectivity index (χ0v) is 24.9. The van der Waals surface area contributed by atoms with E-state index >= 15 is 0 Å². The van der Waals surface area contributed by atoms with Crippen LogP contribution >= 0.6 is 0 Å². The van der Waals surface area contributed by atoms with Gasteiger partial charge in [-0.1, -0.05) is 60.7 Å². The molecule has 0 bridgehead atoms. The lowest BCUT2D eigenvalue weighted by molar-refractivity contribution is -0.385. The van der Waals surface area contributed by atoms with Gasteiger partial charge in [-0.15, -0.1) is 0 Å². The molecule has 0 aromatic heterocycles. The average Bonchev–Trinajstić information content (AvgIpc) is 3.07. The number of carbonyl (C=O) groups excluding carboxylic acids is 3. The molecule has 0 saturated heterocycles. The molecule has 0 aliphatic rings. The van der Waals surface area contributed by atoms with Crippen molar-refractivity contribution in [2.45, 2.75) is 26.1 Å². The van der Waals surface area contributed by atoms with Crippen LogP contribution in [0.2, 0.25) is 0 Å². The maximum absolute atomic E-state index is 11.6. The van der Waals surface area contributed by atoms with Crippen molar-refractivity contribution in [2.24, 2.45) is 0 Å². The van der Waals surface area contributed by atoms with E-state index in [1.165, 1.54) is 36.4 Å². The van der Waals surface area contributed by atoms with Crippen LogP contribution in [0.25, 0.3) is 0 Å². The van der Waals surface area contributed by atoms with E-state index in [0.717, 1.165) is 18.2 Å². The number of hydrogen-bond acceptors (Lipinski definition) is 11. The standard InChI is InChI=1S/C17H15NO6.C16H13NO6/c1-23-17(20)16(19)9-13-7-8-14(10-15(13)18(21)22)24-11-12-5-3-2-4-6-12;18-15(16(19)20)8-12-6-7-13(9-14(12)17(21)22)23-10-11-4-2-1-3-5-11/h2-8,10H,9,11H2,1H3;1-7,9H,8,10H2,(H,19,20). The molecular formula is C33H28N2O12. The summed E-state index contributed by atoms with van der Waals surface area (Å²) in [4.78, 5) is 65.5. The Hall–Kier alpha value is -6.44. The van der Waals surface area contributed by atoms with Crippen LogP contribution in [0.3, 0.4) is 0 Å². The molecule has 0 amide bonds. The van der Waals surface area contributed by atoms with E-state index in [2.05, 4.69) is 4.74 Å². The maximum Gasteiger partial charge on any atom is 0.374 e. The Balaban J connectivity index is 0.000000256. The number of aliphatic carboxylic acids is 1. The third kappa shape index (κ3) is 10.9. The Morgan fingerprint density at radius 1 is 0.638 bits per heavy atom. The lowest BCUT2D eigenvalue weighted by Crippen LogP contribution is -2.18. The highest BCUT2D eigenvalue weighted by molar-refractivity contribution is 6.34. The maximum atomic E-state index is 11.6. The van der Waals surface area contributed by atoms with Crippen LogP contribution in [0.5, 0.6) is 11.5 Å². The van der Waals surface area contributed by atoms with Crippen molar-refractivity contribution in [2.75, 3.05) is 7.11 Å². The summed E-state index contributed by atoms with van der Waals surface area (Å²) in [5, 5.41) is 30.9. The molecule has 0 unspecified atom stereocenters. The summed E-state index contributed by atoms with van der Waals surface area (Å²) in [6, 6.07) is 26.8. The second kappa shape index (κ2) is 17.2. The zero-order chi connectivity index (χ0) is 34.3. The van der Waals surface area contributed by atoms with Crippen molar-refractivity contribution in [3.8, 4) is 11.5 Å². The number of nitro benzene ring substituents is 2. The number of benzene rings is 4. The molecule has 0 atom stereocenters. The number of Topliss-reactive ketones (excluding diaryl/α,β-unsaturated/α-hetero) is 2. The molecule has 0 heterocycles. The first-order chi connectivity index (χ1) is 22.5. The fraction of sp³-hybridized carbons (Fsp3) is 0.152. The van der Waals surface area contributed by atoms with Gasteiger partial charge in [0.25, 0.3) is 11.4 Å². The van der Waals surface area contributed by atoms with E-state index < -0.39 is 46.2 Å². The molecule has 14 nitrogen and oxygen atoms in total. The van der Waals surface area contributed by atoms with Gasteiger partial charge in [0.1, 0.15) is 24.7 Å². The van der Waals surface area contributed by atoms with E-state index in [1.54, 1.807) is 0 Å². The third-order valence-electron chi connectivity index (χ3n) is 6.36. The van der Waals surface area contributed by atoms with Gasteiger partial charge in [-0.25, -0.2) is 9.59 Å². The van der Waals surface area contributed by atoms with Crippen LogP contribution in [0.4, 0.5) is 11.4 Å². The summed E-state index contributed by atoms with van der Waals surface area (Å²) in [5.41, 5.74) is 1.37. The van der Waals surface area contributed by atoms with Crippen molar-refractivity contribution < 1.29 is 48.3 Å². The van der Waals surface area contributed by atoms with E-state index in [1.807, 2.05) is 60.7 Å². The molecule has 4 rings (SSSR count). The number of carbonyl (C=O) groups is 4. The normalized spacial score (nSPS) is 10.1. The molecule has 1 N–H and O–H groups in total. The number of nitrogens with zero attached hydrogens (tertiary/aromatic N) is 2. The number of carboxylic acid groups (broad SMARTS) is 1. The minimum Gasteiger partial charge on any atom is -0.489 e. The number of ketones is 2. The summed E-state index contributed by atoms with van der Waals surface area (Å²) >= 11 is 0. The lowest BCUT2D eigenvalue weighted by atomic mass is 10.1. The highest BCUT2D eigenvalue weighted by atomic mass is 16.6. The van der Waals surface area contributed by atoms with E-state index in [9.17, 15) is 39.4 Å². The minimum absolute atomic E-state index is 0.0365. The van der Waals surface area contributed by atoms with Crippen LogP contribution in [-0.4, -0.2) is 45.6 Å². The molecule has 0 aliphatic heterocycles. The van der Waals surface area contributed by atoms with Crippen LogP contribution < -0.4 is 9.47 Å². The summed E-state index contributed by atoms with van der Waals surface area (Å²) in [6.07, 6.45) is -0.938. The molecule has 47 heavy (non-hydrogen) atoms. The molecule has 242 valence electrons. The second-order valence-electron chi connectivity index (χ2n) is 9.64. The topological polar surface area (TPSA) is 202 Å². The average molecular weight is 645 g/mol. The predicted molar refractivity (Wildman–Crippen MR) is 165 cm³/mol. The first-order valence-electron chi connectivity index (χ1n) is 13.7. The van der Waals surface area contributed by atoms with E-state index in [0.29, 0.717) is 5.75 Å². The monoisotopic (exact) mass is 644 g/mol. The summed E-state index contributed by atoms with van der Waals surface area (Å²) in [6.45, 7) is 0.504. The summed E-state index contributed by atoms with van der Waals surface area (Å²) in [7, 11) is 1.08. The molecular weight excluding hydrogens is 616 g/mol. The van der Waals surface area contributed by atoms with Gasteiger partial charge in [-0.05, 0) is 35.4 Å². The predicted octanol–water partition coefficient (Wildman–Crippen LogP) is 4.83. The first kappa shape index (κ1) is 35.0. The Labute approximate surface area is 267 Å². The van der Waals surface area contributed by atoms with Crippen LogP contribution in [0.15, 0.2) is 97.1 Å². The zero-order valence-electron chi connectivity index (χ0n) is 24.9. The number of rotatable bonds is 14. The summed E-state index contributed by atoms with van der Waals surface area (Å²) in [5.74, 6) is -4.03. The quantitative estimate of drug-likeness (QED) is 0.0849. The van der Waals surface area contributed by atoms with Gasteiger partial charge in [0, 0.05) is 24.0 Å². The number of carboxylic acids is 1. The Bertz CT molecular complexity index is 1760. The Kier molecular flexibility index (Phi) is 12.8. The molecule has 0 radical (unpaired) electrons. The van der Waals surface area contributed by atoms with Gasteiger partial charge in [0.05, 0.1) is 29.1 Å². The van der Waals surface area contributed by atoms with Gasteiger partial charge in [0.2, 0.25) is 11.6 Å².